The number of likely N-dealkylation sites (N-methyl/N-ethyl adjacent to an activating group) is 1. The van der Waals surface area contributed by atoms with Crippen LogP contribution in [0, 0.1) is 11.8 Å². The molecule has 1 aromatic heterocycles. The third-order valence-electron chi connectivity index (χ3n) is 5.66. The van der Waals surface area contributed by atoms with Gasteiger partial charge in [-0.15, -0.1) is 0 Å². The summed E-state index contributed by atoms with van der Waals surface area (Å²) in [6.45, 7) is 11.2. The van der Waals surface area contributed by atoms with Gasteiger partial charge in [-0.1, -0.05) is 13.0 Å². The number of aliphatic hydroxyl groups excluding tert-OH is 1. The molecular formula is C19H32N4O. The van der Waals surface area contributed by atoms with E-state index in [2.05, 4.69) is 45.8 Å². The van der Waals surface area contributed by atoms with Crippen molar-refractivity contribution in [2.45, 2.75) is 19.9 Å². The van der Waals surface area contributed by atoms with E-state index in [9.17, 15) is 5.11 Å². The molecule has 1 N–H and O–H groups in total. The monoisotopic (exact) mass is 332 g/mol. The predicted molar refractivity (Wildman–Crippen MR) is 96.9 cm³/mol. The highest BCUT2D eigenvalue weighted by Gasteiger charge is 2.33. The minimum Gasteiger partial charge on any atom is -0.396 e. The summed E-state index contributed by atoms with van der Waals surface area (Å²) >= 11 is 0. The molecule has 2 saturated heterocycles. The largest absolute Gasteiger partial charge is 0.396 e. The van der Waals surface area contributed by atoms with Crippen LogP contribution in [0.15, 0.2) is 18.3 Å². The van der Waals surface area contributed by atoms with Crippen LogP contribution >= 0.6 is 0 Å². The first-order chi connectivity index (χ1) is 11.7. The Bertz CT molecular complexity index is 499. The lowest BCUT2D eigenvalue weighted by molar-refractivity contribution is 0.116. The summed E-state index contributed by atoms with van der Waals surface area (Å²) in [6.07, 6.45) is 3.04. The van der Waals surface area contributed by atoms with Gasteiger partial charge in [0.1, 0.15) is 0 Å². The molecule has 1 aromatic rings. The first-order valence-corrected chi connectivity index (χ1v) is 9.35. The van der Waals surface area contributed by atoms with Crippen molar-refractivity contribution in [2.24, 2.45) is 11.8 Å². The van der Waals surface area contributed by atoms with Gasteiger partial charge in [0.05, 0.1) is 5.69 Å². The van der Waals surface area contributed by atoms with Gasteiger partial charge in [0.15, 0.2) is 0 Å². The zero-order valence-corrected chi connectivity index (χ0v) is 15.2. The van der Waals surface area contributed by atoms with Crippen molar-refractivity contribution in [1.82, 2.24) is 19.7 Å². The maximum absolute atomic E-state index is 9.79. The summed E-state index contributed by atoms with van der Waals surface area (Å²) < 4.78 is 0. The van der Waals surface area contributed by atoms with Crippen LogP contribution < -0.4 is 0 Å². The minimum absolute atomic E-state index is 0.303. The standard InChI is InChI=1S/C19H32N4O/c1-3-16-4-5-19(20-10-16)14-23-12-17(18(13-23)15-24)11-22-8-6-21(2)7-9-22/h4-5,10,17-18,24H,3,6-9,11-15H2,1-2H3/t17-,18-/m1/s1. The molecule has 0 aromatic carbocycles. The normalized spacial score (nSPS) is 27.0. The number of pyridine rings is 1. The predicted octanol–water partition coefficient (Wildman–Crippen LogP) is 0.932. The van der Waals surface area contributed by atoms with Crippen molar-refractivity contribution in [3.8, 4) is 0 Å². The van der Waals surface area contributed by atoms with Crippen LogP contribution in [-0.4, -0.2) is 84.3 Å². The van der Waals surface area contributed by atoms with Gasteiger partial charge in [-0.05, 0) is 36.9 Å². The molecule has 0 saturated carbocycles. The van der Waals surface area contributed by atoms with Gasteiger partial charge < -0.3 is 14.9 Å². The molecular weight excluding hydrogens is 300 g/mol. The van der Waals surface area contributed by atoms with Gasteiger partial charge in [-0.2, -0.15) is 0 Å². The van der Waals surface area contributed by atoms with Crippen molar-refractivity contribution in [3.05, 3.63) is 29.6 Å². The summed E-state index contributed by atoms with van der Waals surface area (Å²) in [6, 6.07) is 4.34. The van der Waals surface area contributed by atoms with E-state index in [1.807, 2.05) is 6.20 Å². The third-order valence-corrected chi connectivity index (χ3v) is 5.66. The number of nitrogens with zero attached hydrogens (tertiary/aromatic N) is 4. The van der Waals surface area contributed by atoms with Gasteiger partial charge in [0.2, 0.25) is 0 Å². The molecule has 0 bridgehead atoms. The molecule has 0 amide bonds. The lowest BCUT2D eigenvalue weighted by Gasteiger charge is -2.34. The van der Waals surface area contributed by atoms with E-state index < -0.39 is 0 Å². The summed E-state index contributed by atoms with van der Waals surface area (Å²) in [5, 5.41) is 9.79. The van der Waals surface area contributed by atoms with Gasteiger partial charge in [0.25, 0.3) is 0 Å². The molecule has 24 heavy (non-hydrogen) atoms. The van der Waals surface area contributed by atoms with Crippen molar-refractivity contribution < 1.29 is 5.11 Å². The minimum atomic E-state index is 0.303. The van der Waals surface area contributed by atoms with E-state index in [0.717, 1.165) is 64.5 Å². The molecule has 2 aliphatic heterocycles. The molecule has 0 radical (unpaired) electrons. The highest BCUT2D eigenvalue weighted by atomic mass is 16.3. The van der Waals surface area contributed by atoms with Crippen molar-refractivity contribution in [3.63, 3.8) is 0 Å². The first kappa shape index (κ1) is 17.8. The van der Waals surface area contributed by atoms with Gasteiger partial charge in [-0.3, -0.25) is 9.88 Å². The molecule has 3 heterocycles. The molecule has 5 heteroatoms. The number of likely N-dealkylation sites (tertiary alicyclic amines) is 1. The highest BCUT2D eigenvalue weighted by Crippen LogP contribution is 2.25. The molecule has 5 nitrogen and oxygen atoms in total. The van der Waals surface area contributed by atoms with Crippen molar-refractivity contribution in [1.29, 1.82) is 0 Å². The average Bonchev–Trinajstić information content (AvgIpc) is 2.99. The highest BCUT2D eigenvalue weighted by molar-refractivity contribution is 5.14. The smallest absolute Gasteiger partial charge is 0.0544 e. The Balaban J connectivity index is 1.53. The maximum atomic E-state index is 9.79. The number of aryl methyl sites for hydroxylation is 1. The molecule has 134 valence electrons. The Morgan fingerprint density at radius 3 is 2.46 bits per heavy atom. The van der Waals surface area contributed by atoms with Crippen LogP contribution in [0.2, 0.25) is 0 Å². The van der Waals surface area contributed by atoms with Crippen LogP contribution in [0.25, 0.3) is 0 Å². The summed E-state index contributed by atoms with van der Waals surface area (Å²) in [5.74, 6) is 0.980. The molecule has 2 aliphatic rings. The van der Waals surface area contributed by atoms with Crippen LogP contribution in [-0.2, 0) is 13.0 Å². The van der Waals surface area contributed by atoms with Crippen LogP contribution in [0.3, 0.4) is 0 Å². The van der Waals surface area contributed by atoms with Crippen LogP contribution in [0.1, 0.15) is 18.2 Å². The first-order valence-electron chi connectivity index (χ1n) is 9.35. The number of rotatable bonds is 6. The maximum Gasteiger partial charge on any atom is 0.0544 e. The van der Waals surface area contributed by atoms with Gasteiger partial charge in [0, 0.05) is 65.2 Å². The van der Waals surface area contributed by atoms with E-state index >= 15 is 0 Å². The van der Waals surface area contributed by atoms with Gasteiger partial charge in [-0.25, -0.2) is 0 Å². The fourth-order valence-corrected chi connectivity index (χ4v) is 3.93. The van der Waals surface area contributed by atoms with Crippen LogP contribution in [0.4, 0.5) is 0 Å². The van der Waals surface area contributed by atoms with Gasteiger partial charge >= 0.3 is 0 Å². The molecule has 0 spiro atoms. The van der Waals surface area contributed by atoms with E-state index in [4.69, 9.17) is 0 Å². The SMILES string of the molecule is CCc1ccc(CN2C[C@@H](CN3CCN(C)CC3)[C@@H](CO)C2)nc1. The Morgan fingerprint density at radius 2 is 1.83 bits per heavy atom. The molecule has 2 fully saturated rings. The number of aromatic nitrogens is 1. The Kier molecular flexibility index (Phi) is 6.22. The Labute approximate surface area is 146 Å². The number of piperazine rings is 1. The molecule has 3 rings (SSSR count). The van der Waals surface area contributed by atoms with E-state index in [1.165, 1.54) is 5.56 Å². The van der Waals surface area contributed by atoms with E-state index in [0.29, 0.717) is 18.4 Å². The molecule has 0 aliphatic carbocycles. The average molecular weight is 332 g/mol. The van der Waals surface area contributed by atoms with Crippen LogP contribution in [0.5, 0.6) is 0 Å². The lowest BCUT2D eigenvalue weighted by Crippen LogP contribution is -2.47. The Hall–Kier alpha value is -1.01. The zero-order chi connectivity index (χ0) is 16.9. The second-order valence-electron chi connectivity index (χ2n) is 7.51. The molecule has 2 atom stereocenters. The Morgan fingerprint density at radius 1 is 1.08 bits per heavy atom. The lowest BCUT2D eigenvalue weighted by atomic mass is 9.96. The molecule has 0 unspecified atom stereocenters. The topological polar surface area (TPSA) is 42.8 Å². The fraction of sp³-hybridized carbons (Fsp3) is 0.737. The van der Waals surface area contributed by atoms with Crippen molar-refractivity contribution in [2.75, 3.05) is 59.5 Å². The third kappa shape index (κ3) is 4.54. The summed E-state index contributed by atoms with van der Waals surface area (Å²) in [4.78, 5) is 12.0. The second-order valence-corrected chi connectivity index (χ2v) is 7.51. The summed E-state index contributed by atoms with van der Waals surface area (Å²) in [5.41, 5.74) is 2.44. The number of aliphatic hydroxyl groups is 1. The zero-order valence-electron chi connectivity index (χ0n) is 15.2. The quantitative estimate of drug-likeness (QED) is 0.840. The van der Waals surface area contributed by atoms with Crippen molar-refractivity contribution >= 4 is 0 Å². The van der Waals surface area contributed by atoms with E-state index in [1.54, 1.807) is 0 Å². The fourth-order valence-electron chi connectivity index (χ4n) is 3.93. The summed E-state index contributed by atoms with van der Waals surface area (Å²) in [7, 11) is 2.20. The van der Waals surface area contributed by atoms with E-state index in [-0.39, 0.29) is 0 Å². The number of hydrogen-bond acceptors (Lipinski definition) is 5. The number of hydrogen-bond donors (Lipinski definition) is 1. The second kappa shape index (κ2) is 8.39.